The van der Waals surface area contributed by atoms with E-state index in [0.29, 0.717) is 12.1 Å². The zero-order valence-electron chi connectivity index (χ0n) is 11.7. The molecule has 0 aliphatic heterocycles. The van der Waals surface area contributed by atoms with E-state index in [-0.39, 0.29) is 5.75 Å². The van der Waals surface area contributed by atoms with Gasteiger partial charge in [0.15, 0.2) is 0 Å². The van der Waals surface area contributed by atoms with E-state index in [0.717, 1.165) is 5.56 Å². The van der Waals surface area contributed by atoms with E-state index in [1.54, 1.807) is 19.1 Å². The zero-order chi connectivity index (χ0) is 17.1. The number of benzene rings is 2. The zero-order valence-corrected chi connectivity index (χ0v) is 11.7. The molecule has 0 aliphatic rings. The summed E-state index contributed by atoms with van der Waals surface area (Å²) in [7, 11) is 0. The van der Waals surface area contributed by atoms with Crippen LogP contribution in [0.5, 0.6) is 11.5 Å². The third-order valence-corrected chi connectivity index (χ3v) is 2.88. The van der Waals surface area contributed by atoms with Gasteiger partial charge in [-0.05, 0) is 19.1 Å². The highest BCUT2D eigenvalue weighted by Gasteiger charge is 2.32. The number of nitro groups is 3. The molecule has 118 valence electrons. The minimum Gasteiger partial charge on any atom is -0.444 e. The van der Waals surface area contributed by atoms with Crippen molar-refractivity contribution in [1.82, 2.24) is 0 Å². The van der Waals surface area contributed by atoms with Gasteiger partial charge in [0.05, 0.1) is 26.9 Å². The number of ether oxygens (including phenoxy) is 1. The molecule has 0 aliphatic carbocycles. The van der Waals surface area contributed by atoms with Gasteiger partial charge in [-0.2, -0.15) is 0 Å². The van der Waals surface area contributed by atoms with Crippen LogP contribution in [0.2, 0.25) is 0 Å². The Morgan fingerprint density at radius 1 is 0.826 bits per heavy atom. The Morgan fingerprint density at radius 3 is 1.70 bits per heavy atom. The smallest absolute Gasteiger partial charge is 0.325 e. The topological polar surface area (TPSA) is 139 Å². The summed E-state index contributed by atoms with van der Waals surface area (Å²) in [5.41, 5.74) is -1.58. The fourth-order valence-electron chi connectivity index (χ4n) is 1.79. The molecule has 0 bridgehead atoms. The van der Waals surface area contributed by atoms with Crippen LogP contribution in [0.4, 0.5) is 17.1 Å². The van der Waals surface area contributed by atoms with Gasteiger partial charge in [-0.1, -0.05) is 17.7 Å². The van der Waals surface area contributed by atoms with Gasteiger partial charge in [-0.3, -0.25) is 30.3 Å². The lowest BCUT2D eigenvalue weighted by molar-refractivity contribution is -0.404. The molecule has 0 N–H and O–H groups in total. The number of aryl methyl sites for hydroxylation is 1. The normalized spacial score (nSPS) is 10.1. The molecule has 2 aromatic rings. The van der Waals surface area contributed by atoms with E-state index in [4.69, 9.17) is 4.74 Å². The molecule has 2 aromatic carbocycles. The number of rotatable bonds is 5. The van der Waals surface area contributed by atoms with E-state index >= 15 is 0 Å². The van der Waals surface area contributed by atoms with Crippen LogP contribution in [-0.4, -0.2) is 14.8 Å². The first kappa shape index (κ1) is 15.8. The molecule has 0 spiro atoms. The summed E-state index contributed by atoms with van der Waals surface area (Å²) in [6, 6.07) is 7.50. The van der Waals surface area contributed by atoms with E-state index in [1.807, 2.05) is 0 Å². The van der Waals surface area contributed by atoms with Crippen molar-refractivity contribution in [3.63, 3.8) is 0 Å². The van der Waals surface area contributed by atoms with Crippen LogP contribution in [-0.2, 0) is 0 Å². The highest BCUT2D eigenvalue weighted by atomic mass is 16.6. The van der Waals surface area contributed by atoms with Crippen molar-refractivity contribution < 1.29 is 19.5 Å². The Hall–Kier alpha value is -3.56. The maximum atomic E-state index is 11.1. The Balaban J connectivity index is 2.63. The van der Waals surface area contributed by atoms with Gasteiger partial charge in [0.25, 0.3) is 11.4 Å². The van der Waals surface area contributed by atoms with Gasteiger partial charge in [0.1, 0.15) is 5.75 Å². The van der Waals surface area contributed by atoms with Crippen LogP contribution in [0, 0.1) is 37.3 Å². The second-order valence-corrected chi connectivity index (χ2v) is 4.50. The third-order valence-electron chi connectivity index (χ3n) is 2.88. The minimum atomic E-state index is -0.969. The second-order valence-electron chi connectivity index (χ2n) is 4.50. The van der Waals surface area contributed by atoms with Gasteiger partial charge in [0, 0.05) is 0 Å². The molecule has 23 heavy (non-hydrogen) atoms. The van der Waals surface area contributed by atoms with E-state index in [2.05, 4.69) is 0 Å². The number of hydrogen-bond donors (Lipinski definition) is 0. The predicted molar refractivity (Wildman–Crippen MR) is 77.7 cm³/mol. The largest absolute Gasteiger partial charge is 0.444 e. The van der Waals surface area contributed by atoms with Crippen molar-refractivity contribution >= 4 is 17.1 Å². The fourth-order valence-corrected chi connectivity index (χ4v) is 1.79. The lowest BCUT2D eigenvalue weighted by Crippen LogP contribution is -2.01. The summed E-state index contributed by atoms with van der Waals surface area (Å²) in [5, 5.41) is 33.0. The molecule has 0 saturated carbocycles. The van der Waals surface area contributed by atoms with Crippen molar-refractivity contribution in [3.05, 3.63) is 72.3 Å². The van der Waals surface area contributed by atoms with Crippen molar-refractivity contribution in [3.8, 4) is 11.5 Å². The molecule has 0 heterocycles. The van der Waals surface area contributed by atoms with Gasteiger partial charge in [0.2, 0.25) is 0 Å². The predicted octanol–water partition coefficient (Wildman–Crippen LogP) is 3.51. The van der Waals surface area contributed by atoms with Crippen LogP contribution >= 0.6 is 0 Å². The number of non-ortho nitro benzene ring substituents is 1. The summed E-state index contributed by atoms with van der Waals surface area (Å²) in [6.07, 6.45) is 0. The summed E-state index contributed by atoms with van der Waals surface area (Å²) < 4.78 is 5.25. The average molecular weight is 319 g/mol. The SMILES string of the molecule is Cc1ccc(Oc2c([N+](=O)[O-])cc([N+](=O)[O-])cc2[N+](=O)[O-])cc1. The molecule has 0 atom stereocenters. The molecule has 0 saturated heterocycles. The van der Waals surface area contributed by atoms with Crippen molar-refractivity contribution in [2.24, 2.45) is 0 Å². The van der Waals surface area contributed by atoms with Crippen LogP contribution < -0.4 is 4.74 Å². The standard InChI is InChI=1S/C13H9N3O7/c1-8-2-4-10(5-3-8)23-13-11(15(19)20)6-9(14(17)18)7-12(13)16(21)22/h2-7H,1H3. The van der Waals surface area contributed by atoms with Crippen molar-refractivity contribution in [2.75, 3.05) is 0 Å². The highest BCUT2D eigenvalue weighted by molar-refractivity contribution is 5.66. The van der Waals surface area contributed by atoms with E-state index < -0.39 is 37.6 Å². The fraction of sp³-hybridized carbons (Fsp3) is 0.0769. The molecule has 10 heteroatoms. The minimum absolute atomic E-state index is 0.135. The summed E-state index contributed by atoms with van der Waals surface area (Å²) in [6.45, 7) is 1.81. The third kappa shape index (κ3) is 3.37. The number of hydrogen-bond acceptors (Lipinski definition) is 7. The lowest BCUT2D eigenvalue weighted by atomic mass is 10.2. The molecule has 10 nitrogen and oxygen atoms in total. The molecule has 0 amide bonds. The molecular weight excluding hydrogens is 310 g/mol. The first-order chi connectivity index (χ1) is 10.8. The average Bonchev–Trinajstić information content (AvgIpc) is 2.48. The van der Waals surface area contributed by atoms with Crippen molar-refractivity contribution in [2.45, 2.75) is 6.92 Å². The van der Waals surface area contributed by atoms with Gasteiger partial charge in [-0.15, -0.1) is 0 Å². The molecule has 0 fully saturated rings. The summed E-state index contributed by atoms with van der Waals surface area (Å²) >= 11 is 0. The van der Waals surface area contributed by atoms with Crippen LogP contribution in [0.15, 0.2) is 36.4 Å². The molecule has 0 radical (unpaired) electrons. The lowest BCUT2D eigenvalue weighted by Gasteiger charge is -2.07. The van der Waals surface area contributed by atoms with E-state index in [9.17, 15) is 30.3 Å². The second kappa shape index (κ2) is 6.05. The monoisotopic (exact) mass is 319 g/mol. The molecular formula is C13H9N3O7. The Morgan fingerprint density at radius 2 is 1.30 bits per heavy atom. The molecule has 2 rings (SSSR count). The van der Waals surface area contributed by atoms with Gasteiger partial charge < -0.3 is 4.74 Å². The van der Waals surface area contributed by atoms with Gasteiger partial charge >= 0.3 is 11.4 Å². The van der Waals surface area contributed by atoms with E-state index in [1.165, 1.54) is 12.1 Å². The molecule has 0 unspecified atom stereocenters. The first-order valence-corrected chi connectivity index (χ1v) is 6.15. The Bertz CT molecular complexity index is 767. The van der Waals surface area contributed by atoms with Gasteiger partial charge in [-0.25, -0.2) is 0 Å². The Labute approximate surface area is 128 Å². The molecule has 0 aromatic heterocycles. The number of nitrogens with zero attached hydrogens (tertiary/aromatic N) is 3. The maximum absolute atomic E-state index is 11.1. The first-order valence-electron chi connectivity index (χ1n) is 6.15. The van der Waals surface area contributed by atoms with Crippen LogP contribution in [0.1, 0.15) is 5.56 Å². The van der Waals surface area contributed by atoms with Crippen molar-refractivity contribution in [1.29, 1.82) is 0 Å². The maximum Gasteiger partial charge on any atom is 0.325 e. The quantitative estimate of drug-likeness (QED) is 0.606. The highest BCUT2D eigenvalue weighted by Crippen LogP contribution is 2.42. The number of nitro benzene ring substituents is 3. The summed E-state index contributed by atoms with van der Waals surface area (Å²) in [4.78, 5) is 30.1. The Kier molecular flexibility index (Phi) is 4.16. The van der Waals surface area contributed by atoms with Crippen LogP contribution in [0.25, 0.3) is 0 Å². The van der Waals surface area contributed by atoms with Crippen LogP contribution in [0.3, 0.4) is 0 Å². The summed E-state index contributed by atoms with van der Waals surface area (Å²) in [5.74, 6) is -0.523.